The average molecular weight is 400 g/mol. The summed E-state index contributed by atoms with van der Waals surface area (Å²) in [6.45, 7) is 0. The molecule has 0 fully saturated rings. The Morgan fingerprint density at radius 3 is 2.54 bits per heavy atom. The zero-order chi connectivity index (χ0) is 20.1. The van der Waals surface area contributed by atoms with Crippen LogP contribution in [0.15, 0.2) is 42.5 Å². The van der Waals surface area contributed by atoms with E-state index in [1.807, 2.05) is 24.3 Å². The van der Waals surface area contributed by atoms with Crippen LogP contribution >= 0.6 is 11.3 Å². The summed E-state index contributed by atoms with van der Waals surface area (Å²) >= 11 is 1.23. The second-order valence-electron chi connectivity index (χ2n) is 5.62. The Morgan fingerprint density at radius 1 is 1.14 bits per heavy atom. The Bertz CT molecular complexity index is 1000. The molecule has 1 heterocycles. The highest BCUT2D eigenvalue weighted by atomic mass is 32.1. The number of nitro benzene ring substituents is 1. The number of amides is 1. The van der Waals surface area contributed by atoms with E-state index >= 15 is 0 Å². The minimum absolute atomic E-state index is 0.0826. The molecule has 0 saturated carbocycles. The van der Waals surface area contributed by atoms with Crippen molar-refractivity contribution in [1.82, 2.24) is 10.2 Å². The van der Waals surface area contributed by atoms with Gasteiger partial charge in [-0.3, -0.25) is 20.2 Å². The molecule has 28 heavy (non-hydrogen) atoms. The minimum Gasteiger partial charge on any atom is -0.497 e. The third-order valence-electron chi connectivity index (χ3n) is 3.84. The first-order chi connectivity index (χ1) is 13.5. The SMILES string of the molecule is COc1ccc(Cc2nnc(NC(=O)c3ccc(OC)c([N+](=O)[O-])c3)s2)cc1. The molecule has 0 spiro atoms. The first-order valence-electron chi connectivity index (χ1n) is 8.09. The maximum absolute atomic E-state index is 12.4. The van der Waals surface area contributed by atoms with E-state index in [0.29, 0.717) is 11.6 Å². The van der Waals surface area contributed by atoms with Crippen molar-refractivity contribution in [1.29, 1.82) is 0 Å². The van der Waals surface area contributed by atoms with E-state index in [1.54, 1.807) is 7.11 Å². The van der Waals surface area contributed by atoms with Gasteiger partial charge in [0.2, 0.25) is 5.13 Å². The number of hydrogen-bond acceptors (Lipinski definition) is 8. The van der Waals surface area contributed by atoms with Crippen molar-refractivity contribution in [3.8, 4) is 11.5 Å². The molecule has 0 unspecified atom stereocenters. The molecule has 144 valence electrons. The van der Waals surface area contributed by atoms with Gasteiger partial charge in [-0.2, -0.15) is 0 Å². The number of benzene rings is 2. The number of nitrogens with one attached hydrogen (secondary N) is 1. The van der Waals surface area contributed by atoms with Gasteiger partial charge in [0.15, 0.2) is 5.75 Å². The maximum atomic E-state index is 12.4. The number of methoxy groups -OCH3 is 2. The van der Waals surface area contributed by atoms with Crippen LogP contribution in [0.3, 0.4) is 0 Å². The first-order valence-corrected chi connectivity index (χ1v) is 8.91. The van der Waals surface area contributed by atoms with Crippen molar-refractivity contribution in [3.05, 3.63) is 68.7 Å². The van der Waals surface area contributed by atoms with E-state index in [9.17, 15) is 14.9 Å². The van der Waals surface area contributed by atoms with Gasteiger partial charge in [0.25, 0.3) is 5.91 Å². The predicted molar refractivity (Wildman–Crippen MR) is 103 cm³/mol. The lowest BCUT2D eigenvalue weighted by Crippen LogP contribution is -2.12. The normalized spacial score (nSPS) is 10.4. The molecule has 10 heteroatoms. The van der Waals surface area contributed by atoms with Gasteiger partial charge in [0, 0.05) is 18.1 Å². The summed E-state index contributed by atoms with van der Waals surface area (Å²) in [6, 6.07) is 11.5. The fourth-order valence-corrected chi connectivity index (χ4v) is 3.21. The Morgan fingerprint density at radius 2 is 1.89 bits per heavy atom. The number of hydrogen-bond donors (Lipinski definition) is 1. The van der Waals surface area contributed by atoms with Crippen LogP contribution in [0.5, 0.6) is 11.5 Å². The lowest BCUT2D eigenvalue weighted by atomic mass is 10.1. The molecule has 9 nitrogen and oxygen atoms in total. The van der Waals surface area contributed by atoms with Gasteiger partial charge in [-0.15, -0.1) is 10.2 Å². The molecule has 0 bridgehead atoms. The van der Waals surface area contributed by atoms with Crippen LogP contribution in [0.2, 0.25) is 0 Å². The third-order valence-corrected chi connectivity index (χ3v) is 4.68. The van der Waals surface area contributed by atoms with Crippen molar-refractivity contribution in [3.63, 3.8) is 0 Å². The first kappa shape index (κ1) is 19.2. The van der Waals surface area contributed by atoms with Gasteiger partial charge >= 0.3 is 5.69 Å². The molecule has 1 amide bonds. The lowest BCUT2D eigenvalue weighted by molar-refractivity contribution is -0.385. The van der Waals surface area contributed by atoms with Gasteiger partial charge in [-0.1, -0.05) is 23.5 Å². The molecule has 3 rings (SSSR count). The number of nitro groups is 1. The van der Waals surface area contributed by atoms with Crippen molar-refractivity contribution in [2.45, 2.75) is 6.42 Å². The minimum atomic E-state index is -0.604. The van der Waals surface area contributed by atoms with Crippen LogP contribution in [-0.2, 0) is 6.42 Å². The average Bonchev–Trinajstić information content (AvgIpc) is 3.14. The number of anilines is 1. The van der Waals surface area contributed by atoms with Crippen LogP contribution in [-0.4, -0.2) is 35.2 Å². The van der Waals surface area contributed by atoms with Gasteiger partial charge in [0.1, 0.15) is 10.8 Å². The second kappa shape index (κ2) is 8.44. The molecule has 0 atom stereocenters. The highest BCUT2D eigenvalue weighted by Crippen LogP contribution is 2.28. The highest BCUT2D eigenvalue weighted by Gasteiger charge is 2.19. The number of carbonyl (C=O) groups excluding carboxylic acids is 1. The van der Waals surface area contributed by atoms with Gasteiger partial charge in [-0.05, 0) is 29.8 Å². The fraction of sp³-hybridized carbons (Fsp3) is 0.167. The van der Waals surface area contributed by atoms with Gasteiger partial charge in [0.05, 0.1) is 19.1 Å². The topological polar surface area (TPSA) is 116 Å². The summed E-state index contributed by atoms with van der Waals surface area (Å²) in [5, 5.41) is 22.8. The zero-order valence-corrected chi connectivity index (χ0v) is 15.9. The van der Waals surface area contributed by atoms with Crippen LogP contribution in [0, 0.1) is 10.1 Å². The van der Waals surface area contributed by atoms with Crippen LogP contribution in [0.4, 0.5) is 10.8 Å². The summed E-state index contributed by atoms with van der Waals surface area (Å²) < 4.78 is 10.1. The van der Waals surface area contributed by atoms with E-state index in [0.717, 1.165) is 22.4 Å². The van der Waals surface area contributed by atoms with Crippen molar-refractivity contribution >= 4 is 28.1 Å². The van der Waals surface area contributed by atoms with Crippen LogP contribution in [0.1, 0.15) is 20.9 Å². The molecule has 0 aliphatic rings. The smallest absolute Gasteiger partial charge is 0.311 e. The van der Waals surface area contributed by atoms with E-state index < -0.39 is 10.8 Å². The van der Waals surface area contributed by atoms with Crippen molar-refractivity contribution < 1.29 is 19.2 Å². The largest absolute Gasteiger partial charge is 0.497 e. The van der Waals surface area contributed by atoms with Crippen LogP contribution in [0.25, 0.3) is 0 Å². The Hall–Kier alpha value is -3.53. The summed E-state index contributed by atoms with van der Waals surface area (Å²) in [5.41, 5.74) is 0.868. The summed E-state index contributed by atoms with van der Waals surface area (Å²) in [6.07, 6.45) is 0.561. The lowest BCUT2D eigenvalue weighted by Gasteiger charge is -2.04. The quantitative estimate of drug-likeness (QED) is 0.478. The molecule has 1 aromatic heterocycles. The van der Waals surface area contributed by atoms with E-state index in [1.165, 1.54) is 30.6 Å². The molecule has 0 radical (unpaired) electrons. The molecule has 0 aliphatic heterocycles. The number of ether oxygens (including phenoxy) is 2. The summed E-state index contributed by atoms with van der Waals surface area (Å²) in [4.78, 5) is 22.9. The number of aromatic nitrogens is 2. The molecule has 0 aliphatic carbocycles. The molecule has 1 N–H and O–H groups in total. The molecule has 2 aromatic carbocycles. The maximum Gasteiger partial charge on any atom is 0.311 e. The van der Waals surface area contributed by atoms with Crippen molar-refractivity contribution in [2.75, 3.05) is 19.5 Å². The molecular weight excluding hydrogens is 384 g/mol. The van der Waals surface area contributed by atoms with E-state index in [2.05, 4.69) is 15.5 Å². The number of carbonyl (C=O) groups is 1. The van der Waals surface area contributed by atoms with E-state index in [-0.39, 0.29) is 17.0 Å². The number of rotatable bonds is 7. The Labute approximate surface area is 164 Å². The molecule has 3 aromatic rings. The van der Waals surface area contributed by atoms with Gasteiger partial charge < -0.3 is 9.47 Å². The summed E-state index contributed by atoms with van der Waals surface area (Å²) in [7, 11) is 2.93. The van der Waals surface area contributed by atoms with Crippen LogP contribution < -0.4 is 14.8 Å². The summed E-state index contributed by atoms with van der Waals surface area (Å²) in [5.74, 6) is 0.333. The third kappa shape index (κ3) is 4.41. The highest BCUT2D eigenvalue weighted by molar-refractivity contribution is 7.15. The zero-order valence-electron chi connectivity index (χ0n) is 15.0. The standard InChI is InChI=1S/C18H16N4O5S/c1-26-13-6-3-11(4-7-13)9-16-20-21-18(28-16)19-17(23)12-5-8-15(27-2)14(10-12)22(24)25/h3-8,10H,9H2,1-2H3,(H,19,21,23). The van der Waals surface area contributed by atoms with Crippen molar-refractivity contribution in [2.24, 2.45) is 0 Å². The Kier molecular flexibility index (Phi) is 5.80. The molecule has 0 saturated heterocycles. The molecular formula is C18H16N4O5S. The van der Waals surface area contributed by atoms with Gasteiger partial charge in [-0.25, -0.2) is 0 Å². The predicted octanol–water partition coefficient (Wildman–Crippen LogP) is 3.31. The fourth-order valence-electron chi connectivity index (χ4n) is 2.44. The van der Waals surface area contributed by atoms with E-state index in [4.69, 9.17) is 9.47 Å². The monoisotopic (exact) mass is 400 g/mol. The Balaban J connectivity index is 1.69. The number of nitrogens with zero attached hydrogens (tertiary/aromatic N) is 3. The second-order valence-corrected chi connectivity index (χ2v) is 6.69.